The molecule has 0 unspecified atom stereocenters. The summed E-state index contributed by atoms with van der Waals surface area (Å²) in [6.45, 7) is 0. The molecule has 0 atom stereocenters. The summed E-state index contributed by atoms with van der Waals surface area (Å²) in [5, 5.41) is 0. The fraction of sp³-hybridized carbons (Fsp3) is 0. The standard InChI is InChI=1S/C6H5FO3S.Li/c7-10-11(8,9)6-4-2-1-3-5-6;/h1-5H;. The van der Waals surface area contributed by atoms with Crippen LogP contribution in [-0.2, 0) is 14.5 Å². The monoisotopic (exact) mass is 183 g/mol. The van der Waals surface area contributed by atoms with E-state index in [1.807, 2.05) is 0 Å². The Bertz CT molecular complexity index is 324. The summed E-state index contributed by atoms with van der Waals surface area (Å²) in [6.07, 6.45) is 0. The summed E-state index contributed by atoms with van der Waals surface area (Å²) < 4.78 is 35.4. The molecular formula is C6H5FLiO3S. The molecular weight excluding hydrogens is 178 g/mol. The molecule has 0 heterocycles. The minimum Gasteiger partial charge on any atom is -0.191 e. The summed E-state index contributed by atoms with van der Waals surface area (Å²) >= 11 is 0. The van der Waals surface area contributed by atoms with Gasteiger partial charge < -0.3 is 0 Å². The van der Waals surface area contributed by atoms with E-state index in [1.165, 1.54) is 24.3 Å². The summed E-state index contributed by atoms with van der Waals surface area (Å²) in [6, 6.07) is 7.07. The molecule has 61 valence electrons. The zero-order valence-electron chi connectivity index (χ0n) is 6.40. The van der Waals surface area contributed by atoms with Gasteiger partial charge in [0.15, 0.2) is 0 Å². The Morgan fingerprint density at radius 2 is 1.67 bits per heavy atom. The van der Waals surface area contributed by atoms with Crippen molar-refractivity contribution < 1.29 is 17.3 Å². The van der Waals surface area contributed by atoms with Crippen LogP contribution in [0.3, 0.4) is 0 Å². The second-order valence-electron chi connectivity index (χ2n) is 1.83. The largest absolute Gasteiger partial charge is 0.327 e. The van der Waals surface area contributed by atoms with E-state index < -0.39 is 10.1 Å². The van der Waals surface area contributed by atoms with E-state index in [-0.39, 0.29) is 23.8 Å². The number of hydrogen-bond donors (Lipinski definition) is 0. The third-order valence-electron chi connectivity index (χ3n) is 1.11. The van der Waals surface area contributed by atoms with Crippen LogP contribution < -0.4 is 0 Å². The fourth-order valence-corrected chi connectivity index (χ4v) is 1.19. The SMILES string of the molecule is O=S(=O)(OF)c1ccccc1.[Li]. The Balaban J connectivity index is 0.00000121. The molecule has 0 aromatic heterocycles. The van der Waals surface area contributed by atoms with Crippen molar-refractivity contribution in [3.05, 3.63) is 30.3 Å². The van der Waals surface area contributed by atoms with Crippen LogP contribution in [0.1, 0.15) is 0 Å². The van der Waals surface area contributed by atoms with Gasteiger partial charge in [0.25, 0.3) is 0 Å². The van der Waals surface area contributed by atoms with Gasteiger partial charge in [-0.2, -0.15) is 8.42 Å². The van der Waals surface area contributed by atoms with E-state index in [1.54, 1.807) is 6.07 Å². The van der Waals surface area contributed by atoms with Crippen LogP contribution in [0.15, 0.2) is 35.2 Å². The van der Waals surface area contributed by atoms with Gasteiger partial charge in [0, 0.05) is 18.9 Å². The topological polar surface area (TPSA) is 43.4 Å². The molecule has 0 fully saturated rings. The van der Waals surface area contributed by atoms with E-state index >= 15 is 0 Å². The Kier molecular flexibility index (Phi) is 4.49. The van der Waals surface area contributed by atoms with Crippen LogP contribution in [-0.4, -0.2) is 27.3 Å². The van der Waals surface area contributed by atoms with Crippen LogP contribution in [0.5, 0.6) is 0 Å². The molecule has 12 heavy (non-hydrogen) atoms. The first kappa shape index (κ1) is 11.7. The Morgan fingerprint density at radius 1 is 1.17 bits per heavy atom. The van der Waals surface area contributed by atoms with Crippen molar-refractivity contribution >= 4 is 29.0 Å². The van der Waals surface area contributed by atoms with Crippen molar-refractivity contribution in [3.63, 3.8) is 0 Å². The maximum Gasteiger partial charge on any atom is 0.327 e. The number of rotatable bonds is 2. The zero-order chi connectivity index (χ0) is 8.32. The van der Waals surface area contributed by atoms with Crippen LogP contribution in [0.4, 0.5) is 4.53 Å². The van der Waals surface area contributed by atoms with Crippen molar-refractivity contribution in [2.75, 3.05) is 0 Å². The Hall–Kier alpha value is -0.343. The molecule has 0 spiro atoms. The van der Waals surface area contributed by atoms with Crippen LogP contribution >= 0.6 is 0 Å². The minimum absolute atomic E-state index is 0. The zero-order valence-corrected chi connectivity index (χ0v) is 7.21. The van der Waals surface area contributed by atoms with Crippen LogP contribution in [0, 0.1) is 0 Å². The minimum atomic E-state index is -4.16. The van der Waals surface area contributed by atoms with Crippen molar-refractivity contribution in [1.29, 1.82) is 0 Å². The van der Waals surface area contributed by atoms with Gasteiger partial charge >= 0.3 is 10.1 Å². The summed E-state index contributed by atoms with van der Waals surface area (Å²) in [5.41, 5.74) is 0. The summed E-state index contributed by atoms with van der Waals surface area (Å²) in [4.78, 5) is -0.192. The number of benzene rings is 1. The first-order valence-electron chi connectivity index (χ1n) is 2.77. The van der Waals surface area contributed by atoms with E-state index in [2.05, 4.69) is 4.39 Å². The maximum atomic E-state index is 11.4. The van der Waals surface area contributed by atoms with Crippen LogP contribution in [0.25, 0.3) is 0 Å². The number of hydrogen-bond acceptors (Lipinski definition) is 3. The van der Waals surface area contributed by atoms with E-state index in [0.29, 0.717) is 0 Å². The second-order valence-corrected chi connectivity index (χ2v) is 3.34. The van der Waals surface area contributed by atoms with Crippen molar-refractivity contribution in [3.8, 4) is 0 Å². The van der Waals surface area contributed by atoms with E-state index in [4.69, 9.17) is 0 Å². The average Bonchev–Trinajstić information content (AvgIpc) is 2.06. The molecule has 0 aliphatic heterocycles. The maximum absolute atomic E-state index is 11.4. The van der Waals surface area contributed by atoms with Gasteiger partial charge in [-0.3, -0.25) is 0 Å². The first-order valence-corrected chi connectivity index (χ1v) is 4.18. The van der Waals surface area contributed by atoms with Gasteiger partial charge in [-0.15, -0.1) is 0 Å². The third-order valence-corrected chi connectivity index (χ3v) is 2.13. The van der Waals surface area contributed by atoms with Crippen LogP contribution in [0.2, 0.25) is 0 Å². The van der Waals surface area contributed by atoms with Gasteiger partial charge in [-0.1, -0.05) is 22.6 Å². The van der Waals surface area contributed by atoms with Crippen molar-refractivity contribution in [1.82, 2.24) is 0 Å². The third kappa shape index (κ3) is 2.61. The molecule has 0 bridgehead atoms. The molecule has 1 aromatic rings. The smallest absolute Gasteiger partial charge is 0.191 e. The number of halogens is 1. The Labute approximate surface area is 81.7 Å². The molecule has 0 N–H and O–H groups in total. The van der Waals surface area contributed by atoms with E-state index in [9.17, 15) is 12.9 Å². The van der Waals surface area contributed by atoms with Gasteiger partial charge in [-0.25, -0.2) is 0 Å². The van der Waals surface area contributed by atoms with Crippen molar-refractivity contribution in [2.45, 2.75) is 4.90 Å². The first-order chi connectivity index (χ1) is 5.17. The summed E-state index contributed by atoms with van der Waals surface area (Å²) in [5.74, 6) is 0. The van der Waals surface area contributed by atoms with Gasteiger partial charge in [0.05, 0.1) is 4.90 Å². The van der Waals surface area contributed by atoms with Gasteiger partial charge in [-0.05, 0) is 16.7 Å². The molecule has 0 amide bonds. The summed E-state index contributed by atoms with van der Waals surface area (Å²) in [7, 11) is -4.16. The fourth-order valence-electron chi connectivity index (χ4n) is 0.624. The van der Waals surface area contributed by atoms with E-state index in [0.717, 1.165) is 0 Å². The van der Waals surface area contributed by atoms with Crippen molar-refractivity contribution in [2.24, 2.45) is 0 Å². The normalized spacial score (nSPS) is 10.4. The molecule has 1 rings (SSSR count). The molecule has 3 nitrogen and oxygen atoms in total. The Morgan fingerprint density at radius 3 is 2.08 bits per heavy atom. The molecule has 0 aliphatic carbocycles. The molecule has 0 saturated heterocycles. The average molecular weight is 183 g/mol. The molecule has 1 aromatic carbocycles. The van der Waals surface area contributed by atoms with Gasteiger partial charge in [0.2, 0.25) is 0 Å². The molecule has 0 saturated carbocycles. The molecule has 6 heteroatoms. The molecule has 1 radical (unpaired) electrons. The molecule has 0 aliphatic rings. The second kappa shape index (κ2) is 4.63. The predicted octanol–water partition coefficient (Wildman–Crippen LogP) is 0.896. The van der Waals surface area contributed by atoms with Gasteiger partial charge in [0.1, 0.15) is 0 Å². The predicted molar refractivity (Wildman–Crippen MR) is 41.6 cm³/mol. The quantitative estimate of drug-likeness (QED) is 0.639.